The van der Waals surface area contributed by atoms with E-state index < -0.39 is 11.8 Å². The van der Waals surface area contributed by atoms with Crippen LogP contribution in [0.3, 0.4) is 0 Å². The summed E-state index contributed by atoms with van der Waals surface area (Å²) in [5, 5.41) is 4.19. The second-order valence-corrected chi connectivity index (χ2v) is 8.31. The number of hydrogen-bond donors (Lipinski definition) is 1. The zero-order valence-electron chi connectivity index (χ0n) is 17.7. The zero-order chi connectivity index (χ0) is 23.0. The number of nitrogens with zero attached hydrogens (tertiary/aromatic N) is 1. The maximum absolute atomic E-state index is 13.6. The van der Waals surface area contributed by atoms with E-state index in [-0.39, 0.29) is 11.3 Å². The third kappa shape index (κ3) is 3.97. The average molecular weight is 467 g/mol. The number of benzene rings is 3. The standard InChI is InChI=1S/C25H20Cl2N2O3/c1-14-4-7-18(27)13-21(14)29-24(30)22(16-5-9-19(32-3)10-6-16)23(25(29)31)28-20-11-8-17(26)12-15(20)2/h4-13,28H,1-3H3. The van der Waals surface area contributed by atoms with Crippen LogP contribution in [0.25, 0.3) is 5.57 Å². The molecule has 1 heterocycles. The Kier molecular flexibility index (Phi) is 5.96. The number of nitrogens with one attached hydrogen (secondary N) is 1. The summed E-state index contributed by atoms with van der Waals surface area (Å²) in [6.45, 7) is 3.70. The molecule has 0 saturated heterocycles. The van der Waals surface area contributed by atoms with E-state index in [4.69, 9.17) is 27.9 Å². The molecule has 0 unspecified atom stereocenters. The number of methoxy groups -OCH3 is 1. The molecule has 0 atom stereocenters. The molecule has 3 aromatic carbocycles. The van der Waals surface area contributed by atoms with Gasteiger partial charge in [0.1, 0.15) is 11.4 Å². The van der Waals surface area contributed by atoms with Crippen LogP contribution in [0.1, 0.15) is 16.7 Å². The normalized spacial score (nSPS) is 13.7. The molecule has 3 aromatic rings. The van der Waals surface area contributed by atoms with Crippen LogP contribution in [0.5, 0.6) is 5.75 Å². The molecule has 0 aromatic heterocycles. The van der Waals surface area contributed by atoms with Crippen LogP contribution in [0.15, 0.2) is 66.4 Å². The van der Waals surface area contributed by atoms with Gasteiger partial charge in [0.15, 0.2) is 0 Å². The molecule has 1 aliphatic rings. The summed E-state index contributed by atoms with van der Waals surface area (Å²) in [5.41, 5.74) is 3.78. The average Bonchev–Trinajstić information content (AvgIpc) is 3.01. The summed E-state index contributed by atoms with van der Waals surface area (Å²) in [7, 11) is 1.57. The predicted molar refractivity (Wildman–Crippen MR) is 128 cm³/mol. The second-order valence-electron chi connectivity index (χ2n) is 7.44. The van der Waals surface area contributed by atoms with Crippen molar-refractivity contribution in [1.29, 1.82) is 0 Å². The molecule has 0 aliphatic carbocycles. The van der Waals surface area contributed by atoms with Crippen LogP contribution in [0.4, 0.5) is 11.4 Å². The van der Waals surface area contributed by atoms with E-state index in [1.807, 2.05) is 13.8 Å². The zero-order valence-corrected chi connectivity index (χ0v) is 19.2. The van der Waals surface area contributed by atoms with Gasteiger partial charge in [-0.05, 0) is 73.0 Å². The first-order valence-electron chi connectivity index (χ1n) is 9.87. The van der Waals surface area contributed by atoms with Crippen LogP contribution in [-0.2, 0) is 9.59 Å². The summed E-state index contributed by atoms with van der Waals surface area (Å²) >= 11 is 12.3. The lowest BCUT2D eigenvalue weighted by atomic mass is 10.0. The summed E-state index contributed by atoms with van der Waals surface area (Å²) in [4.78, 5) is 28.3. The van der Waals surface area contributed by atoms with E-state index in [0.717, 1.165) is 16.0 Å². The van der Waals surface area contributed by atoms with Crippen molar-refractivity contribution >= 4 is 52.0 Å². The van der Waals surface area contributed by atoms with Gasteiger partial charge in [0.05, 0.1) is 18.4 Å². The van der Waals surface area contributed by atoms with Gasteiger partial charge in [-0.2, -0.15) is 0 Å². The highest BCUT2D eigenvalue weighted by atomic mass is 35.5. The molecule has 4 rings (SSSR count). The van der Waals surface area contributed by atoms with Gasteiger partial charge in [-0.3, -0.25) is 9.59 Å². The Morgan fingerprint density at radius 2 is 1.47 bits per heavy atom. The van der Waals surface area contributed by atoms with Crippen molar-refractivity contribution in [2.45, 2.75) is 13.8 Å². The lowest BCUT2D eigenvalue weighted by Gasteiger charge is -2.18. The second kappa shape index (κ2) is 8.69. The molecule has 1 aliphatic heterocycles. The van der Waals surface area contributed by atoms with E-state index in [1.165, 1.54) is 0 Å². The van der Waals surface area contributed by atoms with Gasteiger partial charge in [-0.15, -0.1) is 0 Å². The van der Waals surface area contributed by atoms with Crippen molar-refractivity contribution in [3.05, 3.63) is 93.1 Å². The maximum atomic E-state index is 13.6. The van der Waals surface area contributed by atoms with Gasteiger partial charge in [-0.1, -0.05) is 41.4 Å². The molecule has 162 valence electrons. The number of aryl methyl sites for hydroxylation is 2. The lowest BCUT2D eigenvalue weighted by molar-refractivity contribution is -0.120. The number of anilines is 2. The van der Waals surface area contributed by atoms with Crippen molar-refractivity contribution < 1.29 is 14.3 Å². The first kappa shape index (κ1) is 21.9. The van der Waals surface area contributed by atoms with Gasteiger partial charge >= 0.3 is 0 Å². The minimum atomic E-state index is -0.458. The molecule has 5 nitrogen and oxygen atoms in total. The van der Waals surface area contributed by atoms with Gasteiger partial charge in [0, 0.05) is 15.7 Å². The predicted octanol–water partition coefficient (Wildman–Crippen LogP) is 6.02. The van der Waals surface area contributed by atoms with E-state index >= 15 is 0 Å². The van der Waals surface area contributed by atoms with Crippen molar-refractivity contribution in [2.24, 2.45) is 0 Å². The minimum absolute atomic E-state index is 0.185. The third-order valence-corrected chi connectivity index (χ3v) is 5.79. The maximum Gasteiger partial charge on any atom is 0.282 e. The fourth-order valence-electron chi connectivity index (χ4n) is 3.62. The van der Waals surface area contributed by atoms with E-state index in [9.17, 15) is 9.59 Å². The fourth-order valence-corrected chi connectivity index (χ4v) is 4.01. The van der Waals surface area contributed by atoms with Crippen molar-refractivity contribution in [3.63, 3.8) is 0 Å². The number of carbonyl (C=O) groups excluding carboxylic acids is 2. The highest BCUT2D eigenvalue weighted by Gasteiger charge is 2.41. The van der Waals surface area contributed by atoms with Gasteiger partial charge in [-0.25, -0.2) is 4.90 Å². The van der Waals surface area contributed by atoms with Crippen molar-refractivity contribution in [3.8, 4) is 5.75 Å². The fraction of sp³-hybridized carbons (Fsp3) is 0.120. The Morgan fingerprint density at radius 3 is 2.12 bits per heavy atom. The van der Waals surface area contributed by atoms with Crippen LogP contribution in [0, 0.1) is 13.8 Å². The monoisotopic (exact) mass is 466 g/mol. The van der Waals surface area contributed by atoms with Crippen molar-refractivity contribution in [2.75, 3.05) is 17.3 Å². The minimum Gasteiger partial charge on any atom is -0.497 e. The number of ether oxygens (including phenoxy) is 1. The number of amides is 2. The summed E-state index contributed by atoms with van der Waals surface area (Å²) in [6.07, 6.45) is 0. The van der Waals surface area contributed by atoms with E-state index in [2.05, 4.69) is 5.32 Å². The Morgan fingerprint density at radius 1 is 0.812 bits per heavy atom. The molecule has 32 heavy (non-hydrogen) atoms. The lowest BCUT2D eigenvalue weighted by Crippen LogP contribution is -2.33. The van der Waals surface area contributed by atoms with Crippen LogP contribution < -0.4 is 15.0 Å². The first-order valence-corrected chi connectivity index (χ1v) is 10.6. The molecule has 0 spiro atoms. The quantitative estimate of drug-likeness (QED) is 0.467. The number of rotatable bonds is 5. The van der Waals surface area contributed by atoms with E-state index in [1.54, 1.807) is 67.8 Å². The SMILES string of the molecule is COc1ccc(C2=C(Nc3ccc(Cl)cc3C)C(=O)N(c3cc(Cl)ccc3C)C2=O)cc1. The topological polar surface area (TPSA) is 58.6 Å². The largest absolute Gasteiger partial charge is 0.497 e. The Labute approximate surface area is 196 Å². The van der Waals surface area contributed by atoms with Gasteiger partial charge < -0.3 is 10.1 Å². The molecule has 0 saturated carbocycles. The van der Waals surface area contributed by atoms with E-state index in [0.29, 0.717) is 32.7 Å². The van der Waals surface area contributed by atoms with Crippen LogP contribution in [-0.4, -0.2) is 18.9 Å². The van der Waals surface area contributed by atoms with Crippen LogP contribution in [0.2, 0.25) is 10.0 Å². The number of imide groups is 1. The molecule has 7 heteroatoms. The van der Waals surface area contributed by atoms with Gasteiger partial charge in [0.2, 0.25) is 0 Å². The van der Waals surface area contributed by atoms with Crippen molar-refractivity contribution in [1.82, 2.24) is 0 Å². The molecule has 0 bridgehead atoms. The molecular weight excluding hydrogens is 447 g/mol. The summed E-state index contributed by atoms with van der Waals surface area (Å²) < 4.78 is 5.23. The molecule has 1 N–H and O–H groups in total. The Bertz CT molecular complexity index is 1270. The molecule has 2 amide bonds. The highest BCUT2D eigenvalue weighted by Crippen LogP contribution is 2.37. The van der Waals surface area contributed by atoms with Crippen LogP contribution >= 0.6 is 23.2 Å². The first-order chi connectivity index (χ1) is 15.3. The Balaban J connectivity index is 1.86. The number of halogens is 2. The smallest absolute Gasteiger partial charge is 0.282 e. The molecule has 0 fully saturated rings. The summed E-state index contributed by atoms with van der Waals surface area (Å²) in [5.74, 6) is -0.239. The summed E-state index contributed by atoms with van der Waals surface area (Å²) in [6, 6.07) is 17.4. The molecule has 0 radical (unpaired) electrons. The third-order valence-electron chi connectivity index (χ3n) is 5.32. The molecular formula is C25H20Cl2N2O3. The number of carbonyl (C=O) groups is 2. The Hall–Kier alpha value is -3.28. The van der Waals surface area contributed by atoms with Gasteiger partial charge in [0.25, 0.3) is 11.8 Å². The number of hydrogen-bond acceptors (Lipinski definition) is 4. The highest BCUT2D eigenvalue weighted by molar-refractivity contribution is 6.46.